The first-order valence-corrected chi connectivity index (χ1v) is 11.8. The first-order chi connectivity index (χ1) is 17.4. The third-order valence-corrected chi connectivity index (χ3v) is 5.92. The van der Waals surface area contributed by atoms with Gasteiger partial charge in [0.05, 0.1) is 31.2 Å². The molecule has 3 aromatic rings. The predicted octanol–water partition coefficient (Wildman–Crippen LogP) is 4.33. The molecule has 188 valence electrons. The highest BCUT2D eigenvalue weighted by Crippen LogP contribution is 2.42. The number of halogens is 1. The van der Waals surface area contributed by atoms with Crippen LogP contribution in [0.3, 0.4) is 0 Å². The number of imidazole rings is 1. The second-order valence-electron chi connectivity index (χ2n) is 8.23. The summed E-state index contributed by atoms with van der Waals surface area (Å²) in [6, 6.07) is 9.48. The monoisotopic (exact) mass is 493 g/mol. The number of carbonyl (C=O) groups is 2. The Labute approximate surface area is 208 Å². The van der Waals surface area contributed by atoms with Crippen LogP contribution in [0.15, 0.2) is 66.8 Å². The molecule has 1 aliphatic rings. The van der Waals surface area contributed by atoms with Crippen molar-refractivity contribution in [1.82, 2.24) is 14.5 Å². The van der Waals surface area contributed by atoms with Crippen molar-refractivity contribution in [2.24, 2.45) is 0 Å². The van der Waals surface area contributed by atoms with Crippen molar-refractivity contribution >= 4 is 17.4 Å². The molecule has 2 aromatic carbocycles. The van der Waals surface area contributed by atoms with Crippen LogP contribution in [0.4, 0.5) is 4.39 Å². The smallest absolute Gasteiger partial charge is 0.295 e. The van der Waals surface area contributed by atoms with Crippen molar-refractivity contribution in [1.29, 1.82) is 0 Å². The fourth-order valence-electron chi connectivity index (χ4n) is 4.30. The molecule has 0 aliphatic carbocycles. The van der Waals surface area contributed by atoms with E-state index in [1.165, 1.54) is 29.2 Å². The Morgan fingerprint density at radius 1 is 1.03 bits per heavy atom. The molecule has 8 nitrogen and oxygen atoms in total. The maximum atomic E-state index is 13.5. The number of aromatic nitrogens is 2. The fraction of sp³-hybridized carbons (Fsp3) is 0.296. The summed E-state index contributed by atoms with van der Waals surface area (Å²) < 4.78 is 26.8. The number of benzene rings is 2. The van der Waals surface area contributed by atoms with Gasteiger partial charge in [0.1, 0.15) is 11.6 Å². The zero-order valence-electron chi connectivity index (χ0n) is 20.2. The molecule has 36 heavy (non-hydrogen) atoms. The van der Waals surface area contributed by atoms with Crippen LogP contribution < -0.4 is 9.47 Å². The Morgan fingerprint density at radius 3 is 2.42 bits per heavy atom. The summed E-state index contributed by atoms with van der Waals surface area (Å²) in [6.45, 7) is 5.41. The maximum absolute atomic E-state index is 13.5. The molecule has 1 aromatic heterocycles. The molecule has 9 heteroatoms. The minimum absolute atomic E-state index is 0.0548. The number of ketones is 1. The van der Waals surface area contributed by atoms with Gasteiger partial charge in [-0.15, -0.1) is 0 Å². The normalized spacial score (nSPS) is 17.0. The lowest BCUT2D eigenvalue weighted by molar-refractivity contribution is -0.139. The maximum Gasteiger partial charge on any atom is 0.295 e. The van der Waals surface area contributed by atoms with Crippen molar-refractivity contribution in [3.05, 3.63) is 83.7 Å². The van der Waals surface area contributed by atoms with Gasteiger partial charge in [-0.1, -0.05) is 6.07 Å². The molecular weight excluding hydrogens is 465 g/mol. The van der Waals surface area contributed by atoms with Gasteiger partial charge in [0.15, 0.2) is 11.5 Å². The Balaban J connectivity index is 1.77. The number of Topliss-reactive ketones (excluding diaryl/α,β-unsaturated/α-hetero) is 1. The first-order valence-electron chi connectivity index (χ1n) is 11.8. The number of hydrogen-bond acceptors (Lipinski definition) is 6. The highest BCUT2D eigenvalue weighted by Gasteiger charge is 2.46. The van der Waals surface area contributed by atoms with E-state index in [4.69, 9.17) is 9.47 Å². The molecule has 0 spiro atoms. The van der Waals surface area contributed by atoms with E-state index in [9.17, 15) is 19.1 Å². The zero-order chi connectivity index (χ0) is 25.7. The molecule has 0 bridgehead atoms. The van der Waals surface area contributed by atoms with Crippen LogP contribution in [0.2, 0.25) is 0 Å². The molecular formula is C27H28FN3O5. The van der Waals surface area contributed by atoms with Crippen molar-refractivity contribution in [2.45, 2.75) is 32.9 Å². The fourth-order valence-corrected chi connectivity index (χ4v) is 4.30. The molecule has 0 radical (unpaired) electrons. The van der Waals surface area contributed by atoms with E-state index in [-0.39, 0.29) is 23.4 Å². The van der Waals surface area contributed by atoms with Gasteiger partial charge < -0.3 is 24.0 Å². The quantitative estimate of drug-likeness (QED) is 0.257. The van der Waals surface area contributed by atoms with Gasteiger partial charge in [-0.05, 0) is 62.2 Å². The zero-order valence-corrected chi connectivity index (χ0v) is 20.2. The molecule has 1 N–H and O–H groups in total. The van der Waals surface area contributed by atoms with E-state index in [1.54, 1.807) is 30.7 Å². The molecule has 2 heterocycles. The van der Waals surface area contributed by atoms with Crippen molar-refractivity contribution in [3.63, 3.8) is 0 Å². The molecule has 0 saturated carbocycles. The molecule has 1 atom stereocenters. The number of nitrogens with zero attached hydrogens (tertiary/aromatic N) is 3. The predicted molar refractivity (Wildman–Crippen MR) is 131 cm³/mol. The Bertz CT molecular complexity index is 1250. The van der Waals surface area contributed by atoms with Crippen molar-refractivity contribution in [2.75, 3.05) is 19.8 Å². The van der Waals surface area contributed by atoms with E-state index < -0.39 is 23.5 Å². The number of amides is 1. The summed E-state index contributed by atoms with van der Waals surface area (Å²) in [5.74, 6) is -1.32. The topological polar surface area (TPSA) is 93.9 Å². The summed E-state index contributed by atoms with van der Waals surface area (Å²) in [6.07, 6.45) is 5.73. The molecule has 1 amide bonds. The lowest BCUT2D eigenvalue weighted by atomic mass is 9.95. The Hall–Kier alpha value is -4.14. The summed E-state index contributed by atoms with van der Waals surface area (Å²) >= 11 is 0. The number of ether oxygens (including phenoxy) is 2. The van der Waals surface area contributed by atoms with Crippen LogP contribution in [-0.4, -0.2) is 51.0 Å². The number of carbonyl (C=O) groups excluding carboxylic acids is 2. The highest BCUT2D eigenvalue weighted by atomic mass is 19.1. The lowest BCUT2D eigenvalue weighted by Crippen LogP contribution is -2.31. The average molecular weight is 494 g/mol. The van der Waals surface area contributed by atoms with Crippen molar-refractivity contribution in [3.8, 4) is 11.5 Å². The minimum Gasteiger partial charge on any atom is -0.507 e. The minimum atomic E-state index is -0.854. The van der Waals surface area contributed by atoms with E-state index in [2.05, 4.69) is 4.98 Å². The Kier molecular flexibility index (Phi) is 7.68. The largest absolute Gasteiger partial charge is 0.507 e. The molecule has 4 rings (SSSR count). The first kappa shape index (κ1) is 25.0. The molecule has 1 aliphatic heterocycles. The molecule has 1 fully saturated rings. The van der Waals surface area contributed by atoms with E-state index in [0.717, 1.165) is 0 Å². The second kappa shape index (κ2) is 11.1. The number of aliphatic hydroxyl groups excluding tert-OH is 1. The molecule has 0 unspecified atom stereocenters. The van der Waals surface area contributed by atoms with Crippen molar-refractivity contribution < 1.29 is 28.6 Å². The summed E-state index contributed by atoms with van der Waals surface area (Å²) in [7, 11) is 0. The van der Waals surface area contributed by atoms with Gasteiger partial charge in [-0.2, -0.15) is 0 Å². The standard InChI is InChI=1S/C27H28FN3O5/c1-3-35-21-11-8-19(16-22(21)36-4-2)24-23(25(32)18-6-9-20(28)10-7-18)26(33)27(34)31(24)14-5-13-30-15-12-29-17-30/h6-12,15-17,24,32H,3-5,13-14H2,1-2H3/b25-23+/t24-/m0/s1. The number of likely N-dealkylation sites (tertiary alicyclic amines) is 1. The highest BCUT2D eigenvalue weighted by molar-refractivity contribution is 6.46. The van der Waals surface area contributed by atoms with Gasteiger partial charge in [-0.25, -0.2) is 9.37 Å². The third kappa shape index (κ3) is 5.10. The average Bonchev–Trinajstić information content (AvgIpc) is 3.48. The summed E-state index contributed by atoms with van der Waals surface area (Å²) in [4.78, 5) is 31.8. The summed E-state index contributed by atoms with van der Waals surface area (Å²) in [5.41, 5.74) is 0.780. The van der Waals surface area contributed by atoms with Crippen LogP contribution in [0.1, 0.15) is 37.4 Å². The van der Waals surface area contributed by atoms with Gasteiger partial charge in [0.25, 0.3) is 11.7 Å². The van der Waals surface area contributed by atoms with Gasteiger partial charge in [0.2, 0.25) is 0 Å². The van der Waals surface area contributed by atoms with Crippen LogP contribution in [0.25, 0.3) is 5.76 Å². The van der Waals surface area contributed by atoms with Gasteiger partial charge in [-0.3, -0.25) is 9.59 Å². The number of hydrogen-bond donors (Lipinski definition) is 1. The van der Waals surface area contributed by atoms with Crippen LogP contribution >= 0.6 is 0 Å². The SMILES string of the molecule is CCOc1ccc([C@H]2/C(=C(\O)c3ccc(F)cc3)C(=O)C(=O)N2CCCn2ccnc2)cc1OCC. The number of aliphatic hydroxyl groups is 1. The van der Waals surface area contributed by atoms with Gasteiger partial charge >= 0.3 is 0 Å². The number of aryl methyl sites for hydroxylation is 1. The van der Waals surface area contributed by atoms with E-state index in [0.29, 0.717) is 43.2 Å². The van der Waals surface area contributed by atoms with Crippen LogP contribution in [0.5, 0.6) is 11.5 Å². The lowest BCUT2D eigenvalue weighted by Gasteiger charge is -2.26. The number of rotatable bonds is 10. The summed E-state index contributed by atoms with van der Waals surface area (Å²) in [5, 5.41) is 11.1. The Morgan fingerprint density at radius 2 is 1.75 bits per heavy atom. The third-order valence-electron chi connectivity index (χ3n) is 5.92. The molecule has 1 saturated heterocycles. The van der Waals surface area contributed by atoms with E-state index in [1.807, 2.05) is 24.6 Å². The van der Waals surface area contributed by atoms with E-state index >= 15 is 0 Å². The van der Waals surface area contributed by atoms with Crippen LogP contribution in [-0.2, 0) is 16.1 Å². The van der Waals surface area contributed by atoms with Gasteiger partial charge in [0, 0.05) is 31.0 Å². The second-order valence-corrected chi connectivity index (χ2v) is 8.23. The van der Waals surface area contributed by atoms with Crippen LogP contribution in [0, 0.1) is 5.82 Å².